The number of aliphatic carboxylic acids is 1. The number of hydrogen-bond acceptors (Lipinski definition) is 3. The standard InChI is InChI=1S/C12H16ClNO4S/c1-8-5-4-6-10(11(8)13)19(17,18)14(3)7-9(2)12(15)16/h4-6,9H,7H2,1-3H3,(H,15,16). The number of rotatable bonds is 5. The van der Waals surface area contributed by atoms with Crippen LogP contribution in [-0.2, 0) is 14.8 Å². The van der Waals surface area contributed by atoms with E-state index in [-0.39, 0.29) is 16.5 Å². The van der Waals surface area contributed by atoms with Gasteiger partial charge in [0.05, 0.1) is 10.9 Å². The Hall–Kier alpha value is -1.11. The zero-order valence-corrected chi connectivity index (χ0v) is 12.5. The van der Waals surface area contributed by atoms with Crippen molar-refractivity contribution in [2.24, 2.45) is 5.92 Å². The molecule has 7 heteroatoms. The SMILES string of the molecule is Cc1cccc(S(=O)(=O)N(C)CC(C)C(=O)O)c1Cl. The van der Waals surface area contributed by atoms with Crippen LogP contribution in [0.15, 0.2) is 23.1 Å². The number of carboxylic acids is 1. The molecule has 0 bridgehead atoms. The Morgan fingerprint density at radius 2 is 2.05 bits per heavy atom. The van der Waals surface area contributed by atoms with Crippen LogP contribution < -0.4 is 0 Å². The highest BCUT2D eigenvalue weighted by molar-refractivity contribution is 7.89. The summed E-state index contributed by atoms with van der Waals surface area (Å²) in [5.74, 6) is -1.83. The van der Waals surface area contributed by atoms with Gasteiger partial charge in [-0.25, -0.2) is 12.7 Å². The molecule has 0 aliphatic carbocycles. The molecule has 1 aromatic carbocycles. The van der Waals surface area contributed by atoms with Crippen LogP contribution in [-0.4, -0.2) is 37.4 Å². The highest BCUT2D eigenvalue weighted by atomic mass is 35.5. The van der Waals surface area contributed by atoms with Gasteiger partial charge in [-0.15, -0.1) is 0 Å². The maximum absolute atomic E-state index is 12.3. The number of nitrogens with zero attached hydrogens (tertiary/aromatic N) is 1. The summed E-state index contributed by atoms with van der Waals surface area (Å²) in [5.41, 5.74) is 0.655. The lowest BCUT2D eigenvalue weighted by atomic mass is 10.2. The quantitative estimate of drug-likeness (QED) is 0.902. The molecule has 0 aliphatic heterocycles. The average Bonchev–Trinajstić information content (AvgIpc) is 2.32. The Morgan fingerprint density at radius 1 is 1.47 bits per heavy atom. The maximum atomic E-state index is 12.3. The first-order valence-corrected chi connectivity index (χ1v) is 7.44. The smallest absolute Gasteiger partial charge is 0.307 e. The van der Waals surface area contributed by atoms with Crippen LogP contribution in [0.1, 0.15) is 12.5 Å². The molecule has 0 aromatic heterocycles. The third-order valence-electron chi connectivity index (χ3n) is 2.80. The minimum atomic E-state index is -3.78. The molecule has 1 N–H and O–H groups in total. The summed E-state index contributed by atoms with van der Waals surface area (Å²) in [6.45, 7) is 3.05. The van der Waals surface area contributed by atoms with E-state index in [9.17, 15) is 13.2 Å². The molecule has 1 aromatic rings. The lowest BCUT2D eigenvalue weighted by Crippen LogP contribution is -2.33. The summed E-state index contributed by atoms with van der Waals surface area (Å²) in [6, 6.07) is 4.72. The fourth-order valence-electron chi connectivity index (χ4n) is 1.55. The normalized spacial score (nSPS) is 13.5. The number of aryl methyl sites for hydroxylation is 1. The van der Waals surface area contributed by atoms with Crippen molar-refractivity contribution in [1.82, 2.24) is 4.31 Å². The molecule has 0 radical (unpaired) electrons. The molecule has 0 amide bonds. The number of carbonyl (C=O) groups is 1. The molecule has 106 valence electrons. The molecule has 0 heterocycles. The number of sulfonamides is 1. The third-order valence-corrected chi connectivity index (χ3v) is 5.28. The van der Waals surface area contributed by atoms with Crippen LogP contribution in [0.2, 0.25) is 5.02 Å². The van der Waals surface area contributed by atoms with Crippen LogP contribution in [0.5, 0.6) is 0 Å². The first kappa shape index (κ1) is 15.9. The van der Waals surface area contributed by atoms with E-state index in [1.165, 1.54) is 20.0 Å². The summed E-state index contributed by atoms with van der Waals surface area (Å²) in [7, 11) is -2.44. The highest BCUT2D eigenvalue weighted by Gasteiger charge is 2.27. The van der Waals surface area contributed by atoms with E-state index in [1.807, 2.05) is 0 Å². The number of hydrogen-bond donors (Lipinski definition) is 1. The zero-order chi connectivity index (χ0) is 14.8. The molecule has 0 saturated heterocycles. The molecule has 0 spiro atoms. The van der Waals surface area contributed by atoms with E-state index in [0.29, 0.717) is 5.56 Å². The van der Waals surface area contributed by atoms with Crippen molar-refractivity contribution < 1.29 is 18.3 Å². The second-order valence-corrected chi connectivity index (χ2v) is 6.80. The minimum Gasteiger partial charge on any atom is -0.481 e. The van der Waals surface area contributed by atoms with Crippen molar-refractivity contribution in [2.75, 3.05) is 13.6 Å². The second-order valence-electron chi connectivity index (χ2n) is 4.41. The fraction of sp³-hybridized carbons (Fsp3) is 0.417. The predicted octanol–water partition coefficient (Wildman–Crippen LogP) is 1.99. The van der Waals surface area contributed by atoms with Gasteiger partial charge in [-0.1, -0.05) is 30.7 Å². The Labute approximate surface area is 117 Å². The Kier molecular flexibility index (Phi) is 4.95. The monoisotopic (exact) mass is 305 g/mol. The molecule has 0 fully saturated rings. The summed E-state index contributed by atoms with van der Waals surface area (Å²) >= 11 is 6.00. The van der Waals surface area contributed by atoms with E-state index in [1.54, 1.807) is 19.1 Å². The first-order valence-electron chi connectivity index (χ1n) is 5.62. The van der Waals surface area contributed by atoms with Crippen LogP contribution in [0.25, 0.3) is 0 Å². The lowest BCUT2D eigenvalue weighted by Gasteiger charge is -2.20. The predicted molar refractivity (Wildman–Crippen MR) is 72.8 cm³/mol. The third kappa shape index (κ3) is 3.46. The van der Waals surface area contributed by atoms with Crippen LogP contribution >= 0.6 is 11.6 Å². The van der Waals surface area contributed by atoms with E-state index in [2.05, 4.69) is 0 Å². The number of carboxylic acid groups (broad SMARTS) is 1. The van der Waals surface area contributed by atoms with Crippen molar-refractivity contribution in [2.45, 2.75) is 18.7 Å². The van der Waals surface area contributed by atoms with Gasteiger partial charge < -0.3 is 5.11 Å². The van der Waals surface area contributed by atoms with Gasteiger partial charge in [-0.05, 0) is 18.6 Å². The summed E-state index contributed by atoms with van der Waals surface area (Å²) in [5, 5.41) is 8.98. The van der Waals surface area contributed by atoms with E-state index < -0.39 is 21.9 Å². The Morgan fingerprint density at radius 3 is 2.58 bits per heavy atom. The van der Waals surface area contributed by atoms with Gasteiger partial charge in [0.1, 0.15) is 4.90 Å². The molecule has 0 saturated carbocycles. The van der Waals surface area contributed by atoms with E-state index in [4.69, 9.17) is 16.7 Å². The first-order chi connectivity index (χ1) is 8.67. The van der Waals surface area contributed by atoms with Gasteiger partial charge in [0.25, 0.3) is 0 Å². The van der Waals surface area contributed by atoms with Gasteiger partial charge in [-0.2, -0.15) is 0 Å². The topological polar surface area (TPSA) is 74.7 Å². The minimum absolute atomic E-state index is 0.00532. The summed E-state index contributed by atoms with van der Waals surface area (Å²) in [6.07, 6.45) is 0. The van der Waals surface area contributed by atoms with Crippen molar-refractivity contribution in [3.8, 4) is 0 Å². The molecule has 1 unspecified atom stereocenters. The Balaban J connectivity index is 3.10. The molecule has 1 atom stereocenters. The second kappa shape index (κ2) is 5.90. The van der Waals surface area contributed by atoms with Gasteiger partial charge in [0.15, 0.2) is 0 Å². The highest BCUT2D eigenvalue weighted by Crippen LogP contribution is 2.27. The van der Waals surface area contributed by atoms with Crippen molar-refractivity contribution in [1.29, 1.82) is 0 Å². The van der Waals surface area contributed by atoms with Crippen LogP contribution in [0, 0.1) is 12.8 Å². The molecular weight excluding hydrogens is 290 g/mol. The zero-order valence-electron chi connectivity index (χ0n) is 10.9. The summed E-state index contributed by atoms with van der Waals surface area (Å²) < 4.78 is 25.6. The Bertz CT molecular complexity index is 585. The number of halogens is 1. The van der Waals surface area contributed by atoms with E-state index in [0.717, 1.165) is 4.31 Å². The molecule has 19 heavy (non-hydrogen) atoms. The van der Waals surface area contributed by atoms with Gasteiger partial charge in [0.2, 0.25) is 10.0 Å². The van der Waals surface area contributed by atoms with Gasteiger partial charge in [0, 0.05) is 13.6 Å². The molecule has 5 nitrogen and oxygen atoms in total. The van der Waals surface area contributed by atoms with Gasteiger partial charge >= 0.3 is 5.97 Å². The lowest BCUT2D eigenvalue weighted by molar-refractivity contribution is -0.141. The summed E-state index contributed by atoms with van der Waals surface area (Å²) in [4.78, 5) is 10.8. The van der Waals surface area contributed by atoms with Crippen LogP contribution in [0.4, 0.5) is 0 Å². The molecular formula is C12H16ClNO4S. The van der Waals surface area contributed by atoms with E-state index >= 15 is 0 Å². The fourth-order valence-corrected chi connectivity index (χ4v) is 3.36. The van der Waals surface area contributed by atoms with Crippen molar-refractivity contribution in [3.05, 3.63) is 28.8 Å². The van der Waals surface area contributed by atoms with Crippen LogP contribution in [0.3, 0.4) is 0 Å². The van der Waals surface area contributed by atoms with Crippen molar-refractivity contribution >= 4 is 27.6 Å². The van der Waals surface area contributed by atoms with Gasteiger partial charge in [-0.3, -0.25) is 4.79 Å². The molecule has 0 aliphatic rings. The maximum Gasteiger partial charge on any atom is 0.307 e. The van der Waals surface area contributed by atoms with Crippen molar-refractivity contribution in [3.63, 3.8) is 0 Å². The number of benzene rings is 1. The average molecular weight is 306 g/mol. The largest absolute Gasteiger partial charge is 0.481 e. The molecule has 1 rings (SSSR count).